The molecule has 0 bridgehead atoms. The zero-order valence-corrected chi connectivity index (χ0v) is 22.7. The molecule has 4 aromatic rings. The standard InChI is InChI=1S/C29H32N4O5/c1-17-14-30-24(18(2)26(17)37-7)16-33(28(36)38-29(3,4)5)19-12-22(23-15-31-32(6)25(23)13-19)20-10-8-9-11-21(20)27(34)35/h8-15H,16H2,1-7H3,(H,34,35). The normalized spacial score (nSPS) is 11.4. The van der Waals surface area contributed by atoms with Gasteiger partial charge in [0, 0.05) is 29.8 Å². The maximum Gasteiger partial charge on any atom is 0.415 e. The van der Waals surface area contributed by atoms with Gasteiger partial charge in [-0.05, 0) is 63.9 Å². The van der Waals surface area contributed by atoms with E-state index in [1.54, 1.807) is 82.3 Å². The minimum Gasteiger partial charge on any atom is -0.496 e. The highest BCUT2D eigenvalue weighted by Gasteiger charge is 2.27. The minimum atomic E-state index is -1.04. The lowest BCUT2D eigenvalue weighted by atomic mass is 9.96. The highest BCUT2D eigenvalue weighted by atomic mass is 16.6. The van der Waals surface area contributed by atoms with E-state index in [2.05, 4.69) is 10.1 Å². The summed E-state index contributed by atoms with van der Waals surface area (Å²) in [5.74, 6) is -0.337. The van der Waals surface area contributed by atoms with Crippen molar-refractivity contribution in [2.24, 2.45) is 7.05 Å². The Hall–Kier alpha value is -4.40. The molecule has 4 rings (SSSR count). The van der Waals surface area contributed by atoms with Crippen LogP contribution >= 0.6 is 0 Å². The Bertz CT molecular complexity index is 1530. The molecule has 1 N–H and O–H groups in total. The van der Waals surface area contributed by atoms with Crippen molar-refractivity contribution in [2.45, 2.75) is 46.8 Å². The van der Waals surface area contributed by atoms with Crippen molar-refractivity contribution >= 4 is 28.7 Å². The van der Waals surface area contributed by atoms with Crippen LogP contribution in [-0.2, 0) is 18.3 Å². The van der Waals surface area contributed by atoms with Gasteiger partial charge < -0.3 is 14.6 Å². The number of anilines is 1. The predicted molar refractivity (Wildman–Crippen MR) is 146 cm³/mol. The van der Waals surface area contributed by atoms with Crippen LogP contribution in [0.15, 0.2) is 48.8 Å². The first-order chi connectivity index (χ1) is 17.9. The molecule has 9 heteroatoms. The van der Waals surface area contributed by atoms with Crippen molar-refractivity contribution in [3.63, 3.8) is 0 Å². The summed E-state index contributed by atoms with van der Waals surface area (Å²) in [5, 5.41) is 15.0. The van der Waals surface area contributed by atoms with Crippen LogP contribution in [0.25, 0.3) is 22.0 Å². The number of carbonyl (C=O) groups excluding carboxylic acids is 1. The Morgan fingerprint density at radius 1 is 1.08 bits per heavy atom. The van der Waals surface area contributed by atoms with Crippen molar-refractivity contribution < 1.29 is 24.2 Å². The monoisotopic (exact) mass is 516 g/mol. The molecule has 0 atom stereocenters. The van der Waals surface area contributed by atoms with Crippen LogP contribution in [0.5, 0.6) is 5.75 Å². The van der Waals surface area contributed by atoms with E-state index in [1.807, 2.05) is 19.9 Å². The maximum atomic E-state index is 13.6. The van der Waals surface area contributed by atoms with E-state index in [9.17, 15) is 14.7 Å². The first kappa shape index (κ1) is 26.7. The summed E-state index contributed by atoms with van der Waals surface area (Å²) in [6, 6.07) is 10.4. The van der Waals surface area contributed by atoms with Gasteiger partial charge in [0.1, 0.15) is 11.4 Å². The number of carboxylic acid groups (broad SMARTS) is 1. The Labute approximate surface area is 221 Å². The molecule has 9 nitrogen and oxygen atoms in total. The van der Waals surface area contributed by atoms with Crippen molar-refractivity contribution in [3.8, 4) is 16.9 Å². The van der Waals surface area contributed by atoms with Gasteiger partial charge in [0.05, 0.1) is 42.3 Å². The predicted octanol–water partition coefficient (Wildman–Crippen LogP) is 5.90. The van der Waals surface area contributed by atoms with E-state index in [-0.39, 0.29) is 12.1 Å². The summed E-state index contributed by atoms with van der Waals surface area (Å²) in [6.07, 6.45) is 2.85. The fourth-order valence-corrected chi connectivity index (χ4v) is 4.47. The SMILES string of the molecule is COc1c(C)cnc(CN(C(=O)OC(C)(C)C)c2cc(-c3ccccc3C(=O)O)c3cnn(C)c3c2)c1C. The molecular formula is C29H32N4O5. The second kappa shape index (κ2) is 10.2. The number of hydrogen-bond acceptors (Lipinski definition) is 6. The van der Waals surface area contributed by atoms with Crippen LogP contribution < -0.4 is 9.64 Å². The molecule has 0 saturated heterocycles. The molecule has 198 valence electrons. The minimum absolute atomic E-state index is 0.112. The Morgan fingerprint density at radius 2 is 1.79 bits per heavy atom. The van der Waals surface area contributed by atoms with Gasteiger partial charge in [0.25, 0.3) is 0 Å². The van der Waals surface area contributed by atoms with E-state index < -0.39 is 17.7 Å². The molecule has 2 heterocycles. The Kier molecular flexibility index (Phi) is 7.13. The number of aromatic nitrogens is 3. The van der Waals surface area contributed by atoms with E-state index in [0.29, 0.717) is 28.3 Å². The first-order valence-electron chi connectivity index (χ1n) is 12.2. The average molecular weight is 517 g/mol. The number of carbonyl (C=O) groups is 2. The average Bonchev–Trinajstić information content (AvgIpc) is 3.22. The van der Waals surface area contributed by atoms with Gasteiger partial charge in [-0.15, -0.1) is 0 Å². The summed E-state index contributed by atoms with van der Waals surface area (Å²) in [5.41, 5.74) is 4.19. The van der Waals surface area contributed by atoms with Gasteiger partial charge >= 0.3 is 12.1 Å². The maximum absolute atomic E-state index is 13.6. The van der Waals surface area contributed by atoms with Gasteiger partial charge in [-0.25, -0.2) is 9.59 Å². The third-order valence-electron chi connectivity index (χ3n) is 6.28. The second-order valence-electron chi connectivity index (χ2n) is 10.2. The number of pyridine rings is 1. The van der Waals surface area contributed by atoms with Crippen molar-refractivity contribution in [3.05, 3.63) is 71.2 Å². The second-order valence-corrected chi connectivity index (χ2v) is 10.2. The van der Waals surface area contributed by atoms with Crippen LogP contribution in [0.4, 0.5) is 10.5 Å². The zero-order valence-electron chi connectivity index (χ0n) is 22.7. The fourth-order valence-electron chi connectivity index (χ4n) is 4.47. The molecule has 0 aliphatic rings. The van der Waals surface area contributed by atoms with E-state index >= 15 is 0 Å². The number of carboxylic acids is 1. The zero-order chi connectivity index (χ0) is 27.8. The molecule has 0 aliphatic carbocycles. The molecule has 0 saturated carbocycles. The lowest BCUT2D eigenvalue weighted by Gasteiger charge is -2.28. The summed E-state index contributed by atoms with van der Waals surface area (Å²) in [4.78, 5) is 31.8. The van der Waals surface area contributed by atoms with Gasteiger partial charge in [0.2, 0.25) is 0 Å². The highest BCUT2D eigenvalue weighted by molar-refractivity contribution is 6.05. The number of ether oxygens (including phenoxy) is 2. The number of aryl methyl sites for hydroxylation is 2. The number of methoxy groups -OCH3 is 1. The highest BCUT2D eigenvalue weighted by Crippen LogP contribution is 2.36. The number of aromatic carboxylic acids is 1. The van der Waals surface area contributed by atoms with Crippen molar-refractivity contribution in [2.75, 3.05) is 12.0 Å². The molecule has 0 spiro atoms. The lowest BCUT2D eigenvalue weighted by molar-refractivity contribution is 0.0576. The van der Waals surface area contributed by atoms with Gasteiger partial charge in [0.15, 0.2) is 0 Å². The smallest absolute Gasteiger partial charge is 0.415 e. The third-order valence-corrected chi connectivity index (χ3v) is 6.28. The summed E-state index contributed by atoms with van der Waals surface area (Å²) in [6.45, 7) is 9.35. The summed E-state index contributed by atoms with van der Waals surface area (Å²) < 4.78 is 13.1. The lowest BCUT2D eigenvalue weighted by Crippen LogP contribution is -2.37. The number of benzene rings is 2. The largest absolute Gasteiger partial charge is 0.496 e. The molecular weight excluding hydrogens is 484 g/mol. The number of nitrogens with zero attached hydrogens (tertiary/aromatic N) is 4. The van der Waals surface area contributed by atoms with Gasteiger partial charge in [-0.1, -0.05) is 18.2 Å². The van der Waals surface area contributed by atoms with Crippen LogP contribution in [0.3, 0.4) is 0 Å². The molecule has 0 fully saturated rings. The molecule has 2 aromatic carbocycles. The molecule has 1 amide bonds. The summed E-state index contributed by atoms with van der Waals surface area (Å²) >= 11 is 0. The van der Waals surface area contributed by atoms with Crippen LogP contribution in [0.1, 0.15) is 48.0 Å². The van der Waals surface area contributed by atoms with Gasteiger partial charge in [-0.2, -0.15) is 5.10 Å². The number of rotatable bonds is 6. The number of amides is 1. The number of fused-ring (bicyclic) bond motifs is 1. The van der Waals surface area contributed by atoms with Crippen molar-refractivity contribution in [1.29, 1.82) is 0 Å². The molecule has 0 aliphatic heterocycles. The van der Waals surface area contributed by atoms with Crippen LogP contribution in [-0.4, -0.2) is 44.6 Å². The third kappa shape index (κ3) is 5.18. The molecule has 0 radical (unpaired) electrons. The topological polar surface area (TPSA) is 107 Å². The van der Waals surface area contributed by atoms with Crippen LogP contribution in [0.2, 0.25) is 0 Å². The Morgan fingerprint density at radius 3 is 2.45 bits per heavy atom. The quantitative estimate of drug-likeness (QED) is 0.340. The number of hydrogen-bond donors (Lipinski definition) is 1. The van der Waals surface area contributed by atoms with Crippen molar-refractivity contribution in [1.82, 2.24) is 14.8 Å². The first-order valence-corrected chi connectivity index (χ1v) is 12.2. The molecule has 38 heavy (non-hydrogen) atoms. The fraction of sp³-hybridized carbons (Fsp3) is 0.310. The Balaban J connectivity index is 1.95. The van der Waals surface area contributed by atoms with E-state index in [4.69, 9.17) is 9.47 Å². The summed E-state index contributed by atoms with van der Waals surface area (Å²) in [7, 11) is 3.40. The molecule has 2 aromatic heterocycles. The van der Waals surface area contributed by atoms with E-state index in [1.165, 1.54) is 4.90 Å². The van der Waals surface area contributed by atoms with E-state index in [0.717, 1.165) is 22.0 Å². The van der Waals surface area contributed by atoms with Gasteiger partial charge in [-0.3, -0.25) is 14.6 Å². The van der Waals surface area contributed by atoms with Crippen LogP contribution in [0, 0.1) is 13.8 Å². The molecule has 0 unspecified atom stereocenters.